The number of amides is 1. The summed E-state index contributed by atoms with van der Waals surface area (Å²) in [5, 5.41) is 0. The molecule has 2 unspecified atom stereocenters. The Morgan fingerprint density at radius 3 is 2.36 bits per heavy atom. The fourth-order valence-electron chi connectivity index (χ4n) is 3.04. The van der Waals surface area contributed by atoms with Gasteiger partial charge in [0.05, 0.1) is 0 Å². The Morgan fingerprint density at radius 2 is 1.86 bits per heavy atom. The second-order valence-electron chi connectivity index (χ2n) is 4.85. The molecule has 2 N–H and O–H groups in total. The molecule has 1 heterocycles. The summed E-state index contributed by atoms with van der Waals surface area (Å²) in [5.74, 6) is 1.66. The number of nitrogens with two attached hydrogens (primary N) is 1. The Balaban J connectivity index is 1.98. The minimum absolute atomic E-state index is 0.315. The summed E-state index contributed by atoms with van der Waals surface area (Å²) in [6, 6.07) is 0.387. The quantitative estimate of drug-likeness (QED) is 0.679. The van der Waals surface area contributed by atoms with E-state index in [9.17, 15) is 4.79 Å². The molecule has 0 aromatic heterocycles. The molecular weight excluding hydrogens is 176 g/mol. The number of piperidine rings is 1. The molecule has 80 valence electrons. The molecule has 3 nitrogen and oxygen atoms in total. The van der Waals surface area contributed by atoms with E-state index in [0.29, 0.717) is 30.2 Å². The third-order valence-corrected chi connectivity index (χ3v) is 3.55. The lowest BCUT2D eigenvalue weighted by molar-refractivity contribution is -0.134. The van der Waals surface area contributed by atoms with Crippen molar-refractivity contribution in [1.82, 2.24) is 4.90 Å². The first kappa shape index (κ1) is 9.97. The van der Waals surface area contributed by atoms with Crippen LogP contribution in [0.4, 0.5) is 0 Å². The van der Waals surface area contributed by atoms with Crippen molar-refractivity contribution in [3.8, 4) is 0 Å². The van der Waals surface area contributed by atoms with E-state index in [1.54, 1.807) is 0 Å². The molecule has 2 atom stereocenters. The summed E-state index contributed by atoms with van der Waals surface area (Å²) in [7, 11) is 0. The van der Waals surface area contributed by atoms with E-state index >= 15 is 0 Å². The molecule has 2 aliphatic rings. The van der Waals surface area contributed by atoms with Gasteiger partial charge in [0.1, 0.15) is 0 Å². The van der Waals surface area contributed by atoms with Gasteiger partial charge >= 0.3 is 0 Å². The van der Waals surface area contributed by atoms with Crippen molar-refractivity contribution in [2.24, 2.45) is 17.6 Å². The average Bonchev–Trinajstić information content (AvgIpc) is 2.14. The number of fused-ring (bicyclic) bond motifs is 2. The van der Waals surface area contributed by atoms with E-state index in [0.717, 1.165) is 25.9 Å². The van der Waals surface area contributed by atoms with Crippen LogP contribution >= 0.6 is 0 Å². The van der Waals surface area contributed by atoms with Gasteiger partial charge in [0.15, 0.2) is 0 Å². The van der Waals surface area contributed by atoms with Crippen molar-refractivity contribution in [2.45, 2.75) is 38.6 Å². The average molecular weight is 196 g/mol. The summed E-state index contributed by atoms with van der Waals surface area (Å²) in [6.07, 6.45) is 4.17. The van der Waals surface area contributed by atoms with Crippen molar-refractivity contribution in [1.29, 1.82) is 0 Å². The van der Waals surface area contributed by atoms with Crippen molar-refractivity contribution in [2.75, 3.05) is 13.1 Å². The van der Waals surface area contributed by atoms with Gasteiger partial charge in [-0.2, -0.15) is 0 Å². The maximum atomic E-state index is 11.6. The fraction of sp³-hybridized carbons (Fsp3) is 0.909. The summed E-state index contributed by atoms with van der Waals surface area (Å²) in [6.45, 7) is 3.85. The van der Waals surface area contributed by atoms with Gasteiger partial charge in [-0.3, -0.25) is 4.79 Å². The van der Waals surface area contributed by atoms with Crippen LogP contribution in [0.1, 0.15) is 32.6 Å². The highest BCUT2D eigenvalue weighted by molar-refractivity contribution is 5.75. The van der Waals surface area contributed by atoms with Crippen LogP contribution in [0, 0.1) is 11.8 Å². The lowest BCUT2D eigenvalue weighted by Gasteiger charge is -2.43. The monoisotopic (exact) mass is 196 g/mol. The summed E-state index contributed by atoms with van der Waals surface area (Å²) in [5.41, 5.74) is 5.98. The number of carbonyl (C=O) groups is 1. The molecule has 0 aromatic rings. The molecule has 1 saturated carbocycles. The Hall–Kier alpha value is -0.570. The highest BCUT2D eigenvalue weighted by atomic mass is 16.2. The van der Waals surface area contributed by atoms with E-state index in [2.05, 4.69) is 0 Å². The molecule has 1 aliphatic carbocycles. The highest BCUT2D eigenvalue weighted by Gasteiger charge is 2.34. The predicted octanol–water partition coefficient (Wildman–Crippen LogP) is 0.982. The SMILES string of the molecule is CCC(=O)N1CC2CC(N)CC(C2)C1. The van der Waals surface area contributed by atoms with Crippen LogP contribution in [0.15, 0.2) is 0 Å². The molecule has 2 rings (SSSR count). The first-order valence-electron chi connectivity index (χ1n) is 5.72. The molecule has 3 heteroatoms. The van der Waals surface area contributed by atoms with Crippen molar-refractivity contribution in [3.05, 3.63) is 0 Å². The zero-order valence-corrected chi connectivity index (χ0v) is 8.91. The molecule has 1 amide bonds. The summed E-state index contributed by atoms with van der Waals surface area (Å²) in [4.78, 5) is 13.6. The number of rotatable bonds is 1. The van der Waals surface area contributed by atoms with Crippen LogP contribution < -0.4 is 5.73 Å². The van der Waals surface area contributed by atoms with E-state index < -0.39 is 0 Å². The van der Waals surface area contributed by atoms with Crippen LogP contribution in [0.3, 0.4) is 0 Å². The van der Waals surface area contributed by atoms with Crippen LogP contribution in [0.2, 0.25) is 0 Å². The number of likely N-dealkylation sites (tertiary alicyclic amines) is 1. The van der Waals surface area contributed by atoms with Crippen LogP contribution in [-0.4, -0.2) is 29.9 Å². The molecule has 14 heavy (non-hydrogen) atoms. The standard InChI is InChI=1S/C11H20N2O/c1-2-11(14)13-6-8-3-9(7-13)5-10(12)4-8/h8-10H,2-7,12H2,1H3. The zero-order chi connectivity index (χ0) is 10.1. The molecule has 1 saturated heterocycles. The van der Waals surface area contributed by atoms with Gasteiger partial charge in [-0.05, 0) is 31.1 Å². The Labute approximate surface area is 85.6 Å². The van der Waals surface area contributed by atoms with Gasteiger partial charge in [-0.25, -0.2) is 0 Å². The largest absolute Gasteiger partial charge is 0.342 e. The molecule has 0 spiro atoms. The third-order valence-electron chi connectivity index (χ3n) is 3.55. The van der Waals surface area contributed by atoms with E-state index in [1.165, 1.54) is 6.42 Å². The number of nitrogens with zero attached hydrogens (tertiary/aromatic N) is 1. The van der Waals surface area contributed by atoms with Gasteiger partial charge in [-0.1, -0.05) is 6.92 Å². The minimum Gasteiger partial charge on any atom is -0.342 e. The topological polar surface area (TPSA) is 46.3 Å². The predicted molar refractivity (Wildman–Crippen MR) is 55.7 cm³/mol. The first-order valence-corrected chi connectivity index (χ1v) is 5.72. The molecule has 2 bridgehead atoms. The van der Waals surface area contributed by atoms with E-state index in [1.807, 2.05) is 11.8 Å². The Morgan fingerprint density at radius 1 is 1.29 bits per heavy atom. The third kappa shape index (κ3) is 1.92. The van der Waals surface area contributed by atoms with Crippen LogP contribution in [0.5, 0.6) is 0 Å². The molecular formula is C11H20N2O. The lowest BCUT2D eigenvalue weighted by atomic mass is 9.75. The molecule has 0 radical (unpaired) electrons. The second-order valence-corrected chi connectivity index (χ2v) is 4.85. The molecule has 0 aromatic carbocycles. The molecule has 2 fully saturated rings. The second kappa shape index (κ2) is 3.89. The van der Waals surface area contributed by atoms with Crippen LogP contribution in [-0.2, 0) is 4.79 Å². The van der Waals surface area contributed by atoms with Crippen molar-refractivity contribution < 1.29 is 4.79 Å². The lowest BCUT2D eigenvalue weighted by Crippen LogP contribution is -2.49. The maximum Gasteiger partial charge on any atom is 0.222 e. The van der Waals surface area contributed by atoms with Gasteiger partial charge in [0.25, 0.3) is 0 Å². The number of hydrogen-bond acceptors (Lipinski definition) is 2. The molecule has 1 aliphatic heterocycles. The number of carbonyl (C=O) groups excluding carboxylic acids is 1. The van der Waals surface area contributed by atoms with Crippen molar-refractivity contribution in [3.63, 3.8) is 0 Å². The Kier molecular flexibility index (Phi) is 2.77. The number of hydrogen-bond donors (Lipinski definition) is 1. The Bertz CT molecular complexity index is 211. The fourth-order valence-corrected chi connectivity index (χ4v) is 3.04. The van der Waals surface area contributed by atoms with E-state index in [4.69, 9.17) is 5.73 Å². The van der Waals surface area contributed by atoms with Gasteiger partial charge in [0, 0.05) is 25.6 Å². The minimum atomic E-state index is 0.315. The summed E-state index contributed by atoms with van der Waals surface area (Å²) >= 11 is 0. The van der Waals surface area contributed by atoms with E-state index in [-0.39, 0.29) is 0 Å². The van der Waals surface area contributed by atoms with Gasteiger partial charge in [0.2, 0.25) is 5.91 Å². The first-order chi connectivity index (χ1) is 6.69. The van der Waals surface area contributed by atoms with Gasteiger partial charge in [-0.15, -0.1) is 0 Å². The highest BCUT2D eigenvalue weighted by Crippen LogP contribution is 2.33. The van der Waals surface area contributed by atoms with Crippen LogP contribution in [0.25, 0.3) is 0 Å². The van der Waals surface area contributed by atoms with Crippen molar-refractivity contribution >= 4 is 5.91 Å². The normalized spacial score (nSPS) is 37.0. The summed E-state index contributed by atoms with van der Waals surface area (Å²) < 4.78 is 0. The smallest absolute Gasteiger partial charge is 0.222 e. The zero-order valence-electron chi connectivity index (χ0n) is 8.91. The van der Waals surface area contributed by atoms with Gasteiger partial charge < -0.3 is 10.6 Å². The maximum absolute atomic E-state index is 11.6.